The molecule has 2 aromatic heterocycles. The zero-order chi connectivity index (χ0) is 22.8. The van der Waals surface area contributed by atoms with Gasteiger partial charge in [0, 0.05) is 43.1 Å². The van der Waals surface area contributed by atoms with Crippen molar-refractivity contribution in [1.82, 2.24) is 19.4 Å². The summed E-state index contributed by atoms with van der Waals surface area (Å²) in [5.41, 5.74) is 7.92. The Bertz CT molecular complexity index is 1280. The molecule has 0 saturated carbocycles. The number of pyridine rings is 1. The molecule has 0 N–H and O–H groups in total. The van der Waals surface area contributed by atoms with Gasteiger partial charge in [-0.2, -0.15) is 4.98 Å². The van der Waals surface area contributed by atoms with E-state index < -0.39 is 11.0 Å². The SMILES string of the molecule is Cc1ccc(-c2ccc(CCc3nc(-c4ccc5c(c4)CCN(S(C)=O)C5)no3)cc2)nc1. The van der Waals surface area contributed by atoms with E-state index in [1.807, 2.05) is 29.6 Å². The molecule has 1 unspecified atom stereocenters. The van der Waals surface area contributed by atoms with E-state index in [9.17, 15) is 4.21 Å². The summed E-state index contributed by atoms with van der Waals surface area (Å²) >= 11 is 0. The molecule has 5 rings (SSSR count). The molecular formula is C26H26N4O2S. The lowest BCUT2D eigenvalue weighted by Gasteiger charge is -2.26. The Morgan fingerprint density at radius 3 is 2.58 bits per heavy atom. The van der Waals surface area contributed by atoms with Crippen molar-refractivity contribution in [3.63, 3.8) is 0 Å². The number of nitrogens with zero attached hydrogens (tertiary/aromatic N) is 4. The van der Waals surface area contributed by atoms with Gasteiger partial charge in [0.1, 0.15) is 0 Å². The first-order chi connectivity index (χ1) is 16.0. The minimum Gasteiger partial charge on any atom is -0.339 e. The highest BCUT2D eigenvalue weighted by Crippen LogP contribution is 2.26. The highest BCUT2D eigenvalue weighted by molar-refractivity contribution is 7.81. The molecule has 6 nitrogen and oxygen atoms in total. The van der Waals surface area contributed by atoms with Crippen LogP contribution in [0.3, 0.4) is 0 Å². The summed E-state index contributed by atoms with van der Waals surface area (Å²) in [5, 5.41) is 4.20. The number of aromatic nitrogens is 3. The number of hydrogen-bond donors (Lipinski definition) is 0. The van der Waals surface area contributed by atoms with E-state index in [1.54, 1.807) is 6.26 Å². The topological polar surface area (TPSA) is 72.1 Å². The Morgan fingerprint density at radius 1 is 1.00 bits per heavy atom. The van der Waals surface area contributed by atoms with Gasteiger partial charge in [0.15, 0.2) is 0 Å². The standard InChI is InChI=1S/C26H26N4O2S/c1-18-3-11-24(27-16-18)20-7-4-19(5-8-20)6-12-25-28-26(29-32-25)22-9-10-23-17-30(33(2)31)14-13-21(23)15-22/h3-5,7-11,15-16H,6,12-14,17H2,1-2H3. The number of fused-ring (bicyclic) bond motifs is 1. The summed E-state index contributed by atoms with van der Waals surface area (Å²) in [6.45, 7) is 3.56. The highest BCUT2D eigenvalue weighted by Gasteiger charge is 2.20. The predicted octanol–water partition coefficient (Wildman–Crippen LogP) is 4.54. The fourth-order valence-corrected chi connectivity index (χ4v) is 4.76. The van der Waals surface area contributed by atoms with Gasteiger partial charge in [0.2, 0.25) is 11.7 Å². The van der Waals surface area contributed by atoms with Gasteiger partial charge in [0.25, 0.3) is 0 Å². The van der Waals surface area contributed by atoms with E-state index in [2.05, 4.69) is 57.6 Å². The predicted molar refractivity (Wildman–Crippen MR) is 130 cm³/mol. The van der Waals surface area contributed by atoms with Crippen molar-refractivity contribution in [2.45, 2.75) is 32.7 Å². The van der Waals surface area contributed by atoms with Gasteiger partial charge in [-0.3, -0.25) is 4.98 Å². The Morgan fingerprint density at radius 2 is 1.82 bits per heavy atom. The van der Waals surface area contributed by atoms with E-state index in [4.69, 9.17) is 4.52 Å². The summed E-state index contributed by atoms with van der Waals surface area (Å²) in [7, 11) is -0.937. The van der Waals surface area contributed by atoms with E-state index in [1.165, 1.54) is 16.7 Å². The number of benzene rings is 2. The summed E-state index contributed by atoms with van der Waals surface area (Å²) < 4.78 is 19.3. The van der Waals surface area contributed by atoms with Gasteiger partial charge in [-0.05, 0) is 54.2 Å². The molecule has 168 valence electrons. The molecule has 1 atom stereocenters. The van der Waals surface area contributed by atoms with Crippen LogP contribution in [0.2, 0.25) is 0 Å². The fraction of sp³-hybridized carbons (Fsp3) is 0.269. The molecule has 7 heteroatoms. The van der Waals surface area contributed by atoms with E-state index in [0.717, 1.165) is 48.3 Å². The van der Waals surface area contributed by atoms with Gasteiger partial charge in [-0.1, -0.05) is 47.6 Å². The lowest BCUT2D eigenvalue weighted by atomic mass is 9.98. The molecule has 4 aromatic rings. The molecule has 0 fully saturated rings. The molecule has 0 saturated heterocycles. The second-order valence-electron chi connectivity index (χ2n) is 8.45. The van der Waals surface area contributed by atoms with Gasteiger partial charge in [-0.25, -0.2) is 8.51 Å². The first kappa shape index (κ1) is 21.7. The molecule has 2 aromatic carbocycles. The van der Waals surface area contributed by atoms with Gasteiger partial charge < -0.3 is 4.52 Å². The normalized spacial score (nSPS) is 14.7. The molecule has 0 spiro atoms. The van der Waals surface area contributed by atoms with Crippen LogP contribution in [0.5, 0.6) is 0 Å². The summed E-state index contributed by atoms with van der Waals surface area (Å²) in [5.74, 6) is 1.26. The average Bonchev–Trinajstić information content (AvgIpc) is 3.32. The van der Waals surface area contributed by atoms with E-state index in [0.29, 0.717) is 18.1 Å². The molecular weight excluding hydrogens is 432 g/mol. The van der Waals surface area contributed by atoms with Crippen LogP contribution in [0.25, 0.3) is 22.6 Å². The Kier molecular flexibility index (Phi) is 6.15. The van der Waals surface area contributed by atoms with Crippen LogP contribution in [0.15, 0.2) is 65.3 Å². The summed E-state index contributed by atoms with van der Waals surface area (Å²) in [6, 6.07) is 18.8. The molecule has 0 radical (unpaired) electrons. The second kappa shape index (κ2) is 9.37. The van der Waals surface area contributed by atoms with Gasteiger partial charge in [0.05, 0.1) is 16.7 Å². The fourth-order valence-electron chi connectivity index (χ4n) is 4.09. The number of rotatable bonds is 6. The van der Waals surface area contributed by atoms with Crippen molar-refractivity contribution in [3.8, 4) is 22.6 Å². The number of hydrogen-bond acceptors (Lipinski definition) is 5. The summed E-state index contributed by atoms with van der Waals surface area (Å²) in [6.07, 6.45) is 6.02. The molecule has 3 heterocycles. The van der Waals surface area contributed by atoms with Crippen molar-refractivity contribution in [1.29, 1.82) is 0 Å². The van der Waals surface area contributed by atoms with Gasteiger partial charge in [-0.15, -0.1) is 0 Å². The first-order valence-electron chi connectivity index (χ1n) is 11.1. The molecule has 1 aliphatic rings. The second-order valence-corrected chi connectivity index (χ2v) is 9.81. The van der Waals surface area contributed by atoms with Crippen LogP contribution in [0.1, 0.15) is 28.1 Å². The van der Waals surface area contributed by atoms with E-state index >= 15 is 0 Å². The van der Waals surface area contributed by atoms with Crippen molar-refractivity contribution in [3.05, 3.63) is 88.9 Å². The summed E-state index contributed by atoms with van der Waals surface area (Å²) in [4.78, 5) is 9.11. The third-order valence-corrected chi connectivity index (χ3v) is 7.10. The molecule has 0 aliphatic carbocycles. The van der Waals surface area contributed by atoms with Crippen LogP contribution in [0.4, 0.5) is 0 Å². The Balaban J connectivity index is 1.23. The van der Waals surface area contributed by atoms with Crippen molar-refractivity contribution in [2.24, 2.45) is 0 Å². The maximum atomic E-state index is 11.8. The van der Waals surface area contributed by atoms with Crippen LogP contribution in [0, 0.1) is 6.92 Å². The van der Waals surface area contributed by atoms with Crippen molar-refractivity contribution < 1.29 is 8.73 Å². The van der Waals surface area contributed by atoms with Crippen LogP contribution in [-0.2, 0) is 36.8 Å². The molecule has 0 amide bonds. The smallest absolute Gasteiger partial charge is 0.227 e. The first-order valence-corrected chi connectivity index (χ1v) is 12.6. The average molecular weight is 459 g/mol. The molecule has 1 aliphatic heterocycles. The minimum absolute atomic E-state index is 0.620. The van der Waals surface area contributed by atoms with Crippen LogP contribution in [-0.4, -0.2) is 36.4 Å². The van der Waals surface area contributed by atoms with Crippen molar-refractivity contribution >= 4 is 11.0 Å². The zero-order valence-electron chi connectivity index (χ0n) is 18.8. The monoisotopic (exact) mass is 458 g/mol. The maximum absolute atomic E-state index is 11.8. The minimum atomic E-state index is -0.937. The van der Waals surface area contributed by atoms with E-state index in [-0.39, 0.29) is 0 Å². The third kappa shape index (κ3) is 4.94. The third-order valence-electron chi connectivity index (χ3n) is 6.06. The molecule has 33 heavy (non-hydrogen) atoms. The lowest BCUT2D eigenvalue weighted by Crippen LogP contribution is -2.31. The highest BCUT2D eigenvalue weighted by atomic mass is 32.2. The largest absolute Gasteiger partial charge is 0.339 e. The lowest BCUT2D eigenvalue weighted by molar-refractivity contribution is 0.379. The van der Waals surface area contributed by atoms with Crippen molar-refractivity contribution in [2.75, 3.05) is 12.8 Å². The quantitative estimate of drug-likeness (QED) is 0.424. The number of aryl methyl sites for hydroxylation is 3. The Labute approximate surface area is 196 Å². The van der Waals surface area contributed by atoms with Gasteiger partial charge >= 0.3 is 0 Å². The molecule has 0 bridgehead atoms. The van der Waals surface area contributed by atoms with Crippen LogP contribution >= 0.6 is 0 Å². The Hall–Kier alpha value is -3.16. The zero-order valence-corrected chi connectivity index (χ0v) is 19.6. The maximum Gasteiger partial charge on any atom is 0.227 e. The van der Waals surface area contributed by atoms with Crippen LogP contribution < -0.4 is 0 Å².